The van der Waals surface area contributed by atoms with E-state index in [1.807, 2.05) is 71.9 Å². The Labute approximate surface area is 335 Å². The summed E-state index contributed by atoms with van der Waals surface area (Å²) in [6.45, 7) is 15.5. The second-order valence-corrected chi connectivity index (χ2v) is 17.0. The van der Waals surface area contributed by atoms with Crippen molar-refractivity contribution < 1.29 is 32.3 Å². The van der Waals surface area contributed by atoms with E-state index in [2.05, 4.69) is 9.29 Å². The number of aryl methyl sites for hydroxylation is 4. The fourth-order valence-corrected chi connectivity index (χ4v) is 8.19. The summed E-state index contributed by atoms with van der Waals surface area (Å²) in [5.41, 5.74) is 5.00. The molecule has 0 radical (unpaired) electrons. The van der Waals surface area contributed by atoms with Crippen molar-refractivity contribution in [2.75, 3.05) is 33.4 Å². The summed E-state index contributed by atoms with van der Waals surface area (Å²) in [4.78, 5) is 43.0. The first kappa shape index (κ1) is 42.3. The molecule has 1 aromatic heterocycles. The summed E-state index contributed by atoms with van der Waals surface area (Å²) in [5.74, 6) is -0.334. The molecule has 1 atom stereocenters. The number of hydrogen-bond donors (Lipinski definition) is 1. The van der Waals surface area contributed by atoms with Crippen molar-refractivity contribution in [1.82, 2.24) is 19.1 Å². The number of allylic oxidation sites excluding steroid dienone is 1. The molecule has 0 unspecified atom stereocenters. The van der Waals surface area contributed by atoms with Gasteiger partial charge in [-0.3, -0.25) is 14.4 Å². The Morgan fingerprint density at radius 3 is 2.41 bits per heavy atom. The van der Waals surface area contributed by atoms with Gasteiger partial charge in [-0.05, 0) is 112 Å². The van der Waals surface area contributed by atoms with Crippen LogP contribution in [0.25, 0.3) is 10.9 Å². The third kappa shape index (κ3) is 9.58. The zero-order valence-electron chi connectivity index (χ0n) is 33.6. The van der Waals surface area contributed by atoms with E-state index < -0.39 is 21.8 Å². The van der Waals surface area contributed by atoms with Crippen molar-refractivity contribution in [2.24, 2.45) is 5.92 Å². The summed E-state index contributed by atoms with van der Waals surface area (Å²) in [6, 6.07) is 12.7. The summed E-state index contributed by atoms with van der Waals surface area (Å²) in [6.07, 6.45) is 6.03. The number of rotatable bonds is 9. The minimum atomic E-state index is -4.43. The molecule has 0 fully saturated rings. The van der Waals surface area contributed by atoms with Crippen LogP contribution in [0.15, 0.2) is 65.6 Å². The van der Waals surface area contributed by atoms with Gasteiger partial charge in [0.15, 0.2) is 0 Å². The minimum Gasteiger partial charge on any atom is -0.494 e. The number of carbonyl (C=O) groups is 3. The van der Waals surface area contributed by atoms with Gasteiger partial charge in [0.25, 0.3) is 21.8 Å². The number of nitrogens with zero attached hydrogens (tertiary/aromatic N) is 3. The quantitative estimate of drug-likeness (QED) is 0.135. The van der Waals surface area contributed by atoms with Gasteiger partial charge in [0.1, 0.15) is 18.1 Å². The molecule has 0 aliphatic carbocycles. The Morgan fingerprint density at radius 1 is 1.02 bits per heavy atom. The monoisotopic (exact) mass is 804 g/mol. The Bertz CT molecular complexity index is 2240. The number of aromatic nitrogens is 1. The molecule has 0 bridgehead atoms. The molecular weight excluding hydrogens is 752 g/mol. The topological polar surface area (TPSA) is 127 Å². The van der Waals surface area contributed by atoms with Gasteiger partial charge in [0.2, 0.25) is 5.91 Å². The minimum absolute atomic E-state index is 0.0284. The SMILES string of the molecule is CC(=O)N1CCC/C=C/CN(C)C(=O)c2cc(S(=O)(=O)NC(=O)c3ccc4c(C)c(C)n(CCCOc5cc(C)c(Cl)c(C)c5)c4c3)ccc2OC[C@@H]1C(C)C. The predicted octanol–water partition coefficient (Wildman–Crippen LogP) is 7.79. The van der Waals surface area contributed by atoms with Crippen LogP contribution < -0.4 is 14.2 Å². The number of hydrogen-bond acceptors (Lipinski definition) is 7. The Kier molecular flexibility index (Phi) is 13.6. The van der Waals surface area contributed by atoms with Crippen molar-refractivity contribution >= 4 is 50.2 Å². The molecule has 5 rings (SSSR count). The summed E-state index contributed by atoms with van der Waals surface area (Å²) in [5, 5.41) is 1.69. The molecule has 1 aliphatic rings. The molecule has 3 amide bonds. The number of sulfonamides is 1. The zero-order valence-corrected chi connectivity index (χ0v) is 35.1. The largest absolute Gasteiger partial charge is 0.494 e. The van der Waals surface area contributed by atoms with Crippen molar-refractivity contribution in [1.29, 1.82) is 0 Å². The fraction of sp³-hybridized carbons (Fsp3) is 0.419. The van der Waals surface area contributed by atoms with E-state index in [1.165, 1.54) is 30.0 Å². The molecule has 0 saturated heterocycles. The predicted molar refractivity (Wildman–Crippen MR) is 220 cm³/mol. The molecule has 0 saturated carbocycles. The van der Waals surface area contributed by atoms with Crippen molar-refractivity contribution in [2.45, 2.75) is 85.2 Å². The highest BCUT2D eigenvalue weighted by atomic mass is 35.5. The number of amides is 3. The third-order valence-electron chi connectivity index (χ3n) is 10.5. The highest BCUT2D eigenvalue weighted by Crippen LogP contribution is 2.30. The number of halogens is 1. The Morgan fingerprint density at radius 2 is 1.73 bits per heavy atom. The maximum Gasteiger partial charge on any atom is 0.265 e. The third-order valence-corrected chi connectivity index (χ3v) is 12.4. The molecule has 56 heavy (non-hydrogen) atoms. The molecule has 300 valence electrons. The highest BCUT2D eigenvalue weighted by molar-refractivity contribution is 7.90. The van der Waals surface area contributed by atoms with Gasteiger partial charge in [0, 0.05) is 60.8 Å². The normalized spacial score (nSPS) is 16.3. The van der Waals surface area contributed by atoms with Crippen LogP contribution in [0.3, 0.4) is 0 Å². The first-order valence-electron chi connectivity index (χ1n) is 19.0. The number of fused-ring (bicyclic) bond motifs is 2. The van der Waals surface area contributed by atoms with Gasteiger partial charge >= 0.3 is 0 Å². The van der Waals surface area contributed by atoms with E-state index in [1.54, 1.807) is 24.1 Å². The van der Waals surface area contributed by atoms with Crippen LogP contribution in [0.4, 0.5) is 0 Å². The molecule has 2 heterocycles. The van der Waals surface area contributed by atoms with E-state index in [0.717, 1.165) is 56.9 Å². The van der Waals surface area contributed by atoms with E-state index in [0.29, 0.717) is 26.1 Å². The molecular formula is C43H53ClN4O7S. The molecule has 13 heteroatoms. The van der Waals surface area contributed by atoms with E-state index in [-0.39, 0.29) is 52.8 Å². The van der Waals surface area contributed by atoms with Gasteiger partial charge in [-0.1, -0.05) is 43.7 Å². The van der Waals surface area contributed by atoms with Gasteiger partial charge in [0.05, 0.1) is 23.1 Å². The smallest absolute Gasteiger partial charge is 0.265 e. The molecule has 3 aromatic carbocycles. The lowest BCUT2D eigenvalue weighted by atomic mass is 10.0. The second kappa shape index (κ2) is 18.0. The number of carbonyl (C=O) groups excluding carboxylic acids is 3. The van der Waals surface area contributed by atoms with Crippen LogP contribution in [-0.4, -0.2) is 79.9 Å². The number of benzene rings is 3. The Hall–Kier alpha value is -4.81. The summed E-state index contributed by atoms with van der Waals surface area (Å²) < 4.78 is 44.1. The zero-order chi connectivity index (χ0) is 40.9. The first-order chi connectivity index (χ1) is 26.5. The average Bonchev–Trinajstić information content (AvgIpc) is 3.38. The second-order valence-electron chi connectivity index (χ2n) is 14.9. The van der Waals surface area contributed by atoms with Crippen molar-refractivity contribution in [3.8, 4) is 11.5 Å². The van der Waals surface area contributed by atoms with Gasteiger partial charge in [-0.2, -0.15) is 0 Å². The van der Waals surface area contributed by atoms with Crippen LogP contribution in [0.1, 0.15) is 83.1 Å². The highest BCUT2D eigenvalue weighted by Gasteiger charge is 2.28. The lowest BCUT2D eigenvalue weighted by Crippen LogP contribution is -2.46. The van der Waals surface area contributed by atoms with Crippen LogP contribution >= 0.6 is 11.6 Å². The lowest BCUT2D eigenvalue weighted by molar-refractivity contribution is -0.133. The summed E-state index contributed by atoms with van der Waals surface area (Å²) >= 11 is 6.31. The van der Waals surface area contributed by atoms with Crippen molar-refractivity contribution in [3.05, 3.63) is 99.2 Å². The first-order valence-corrected chi connectivity index (χ1v) is 20.9. The number of ether oxygens (including phenoxy) is 2. The van der Waals surface area contributed by atoms with E-state index in [9.17, 15) is 22.8 Å². The standard InChI is InChI=1S/C43H53ClN4O7S/c1-27(2)39-26-55-40-17-15-35(25-37(40)43(51)46(8)18-11-9-10-12-19-48(39)32(7)49)56(52,53)45-42(50)33-14-16-36-30(5)31(6)47(38(36)24-33)20-13-21-54-34-22-28(3)41(44)29(4)23-34/h9,11,14-17,22-25,27,39H,10,12-13,18-21,26H2,1-8H3,(H,45,50)/b11-9+/t39-/m1/s1. The molecule has 11 nitrogen and oxygen atoms in total. The Balaban J connectivity index is 1.37. The van der Waals surface area contributed by atoms with Crippen LogP contribution in [-0.2, 0) is 21.4 Å². The van der Waals surface area contributed by atoms with E-state index >= 15 is 0 Å². The van der Waals surface area contributed by atoms with Gasteiger partial charge in [-0.25, -0.2) is 13.1 Å². The maximum atomic E-state index is 13.8. The van der Waals surface area contributed by atoms with Crippen molar-refractivity contribution in [3.63, 3.8) is 0 Å². The summed E-state index contributed by atoms with van der Waals surface area (Å²) in [7, 11) is -2.80. The number of nitrogens with one attached hydrogen (secondary N) is 1. The fourth-order valence-electron chi connectivity index (χ4n) is 7.08. The van der Waals surface area contributed by atoms with Crippen LogP contribution in [0.5, 0.6) is 11.5 Å². The lowest BCUT2D eigenvalue weighted by Gasteiger charge is -2.34. The average molecular weight is 805 g/mol. The van der Waals surface area contributed by atoms with Gasteiger partial charge in [-0.15, -0.1) is 0 Å². The van der Waals surface area contributed by atoms with Crippen LogP contribution in [0, 0.1) is 33.6 Å². The maximum absolute atomic E-state index is 13.8. The molecule has 4 aromatic rings. The van der Waals surface area contributed by atoms with E-state index in [4.69, 9.17) is 21.1 Å². The molecule has 1 N–H and O–H groups in total. The number of likely N-dealkylation sites (N-methyl/N-ethyl adjacent to an activating group) is 1. The molecule has 0 spiro atoms. The molecule has 1 aliphatic heterocycles. The van der Waals surface area contributed by atoms with Gasteiger partial charge < -0.3 is 23.8 Å². The van der Waals surface area contributed by atoms with Crippen LogP contribution in [0.2, 0.25) is 5.02 Å².